The number of hydrogen-bond donors (Lipinski definition) is 1. The van der Waals surface area contributed by atoms with Gasteiger partial charge in [0.05, 0.1) is 11.7 Å². The summed E-state index contributed by atoms with van der Waals surface area (Å²) in [6, 6.07) is -0.139. The molecule has 1 heterocycles. The molecule has 1 atom stereocenters. The third-order valence-corrected chi connectivity index (χ3v) is 1.38. The van der Waals surface area contributed by atoms with E-state index in [1.165, 1.54) is 0 Å². The van der Waals surface area contributed by atoms with E-state index in [1.807, 2.05) is 13.8 Å². The summed E-state index contributed by atoms with van der Waals surface area (Å²) in [5.74, 6) is 0.657. The molecule has 0 aromatic carbocycles. The lowest BCUT2D eigenvalue weighted by Gasteiger charge is -1.98. The van der Waals surface area contributed by atoms with Gasteiger partial charge in [-0.05, 0) is 25.4 Å². The van der Waals surface area contributed by atoms with E-state index in [0.29, 0.717) is 5.76 Å². The van der Waals surface area contributed by atoms with Crippen LogP contribution >= 0.6 is 11.6 Å². The monoisotopic (exact) mass is 160 g/mol. The Hall–Kier alpha value is -0.540. The van der Waals surface area contributed by atoms with Gasteiger partial charge in [0.15, 0.2) is 0 Å². The molecule has 0 aliphatic heterocycles. The highest BCUT2D eigenvalue weighted by Crippen LogP contribution is 2.18. The fourth-order valence-corrected chi connectivity index (χ4v) is 1.01. The van der Waals surface area contributed by atoms with Gasteiger partial charge in [-0.25, -0.2) is 4.98 Å². The lowest BCUT2D eigenvalue weighted by molar-refractivity contribution is 0.475. The molecular formula is C6H9ClN2O. The fraction of sp³-hybridized carbons (Fsp3) is 0.500. The molecule has 0 aliphatic rings. The maximum atomic E-state index is 5.54. The van der Waals surface area contributed by atoms with E-state index in [9.17, 15) is 0 Å². The zero-order chi connectivity index (χ0) is 7.72. The standard InChI is InChI=1S/C6H9ClN2O/c1-3(8)5-4(2)9-6(7)10-5/h3H,8H2,1-2H3. The van der Waals surface area contributed by atoms with Gasteiger partial charge in [0.2, 0.25) is 0 Å². The minimum Gasteiger partial charge on any atom is -0.431 e. The van der Waals surface area contributed by atoms with E-state index < -0.39 is 0 Å². The van der Waals surface area contributed by atoms with Crippen molar-refractivity contribution in [2.45, 2.75) is 19.9 Å². The van der Waals surface area contributed by atoms with Gasteiger partial charge >= 0.3 is 0 Å². The van der Waals surface area contributed by atoms with Crippen LogP contribution in [0.5, 0.6) is 0 Å². The van der Waals surface area contributed by atoms with E-state index in [2.05, 4.69) is 4.98 Å². The van der Waals surface area contributed by atoms with E-state index >= 15 is 0 Å². The number of hydrogen-bond acceptors (Lipinski definition) is 3. The number of nitrogens with two attached hydrogens (primary N) is 1. The van der Waals surface area contributed by atoms with Crippen molar-refractivity contribution in [3.63, 3.8) is 0 Å². The number of nitrogens with zero attached hydrogens (tertiary/aromatic N) is 1. The maximum absolute atomic E-state index is 5.54. The molecule has 0 saturated heterocycles. The summed E-state index contributed by atoms with van der Waals surface area (Å²) in [6.45, 7) is 3.64. The summed E-state index contributed by atoms with van der Waals surface area (Å²) < 4.78 is 5.01. The second kappa shape index (κ2) is 2.60. The highest BCUT2D eigenvalue weighted by molar-refractivity contribution is 6.27. The average molecular weight is 161 g/mol. The van der Waals surface area contributed by atoms with Crippen molar-refractivity contribution in [3.05, 3.63) is 16.8 Å². The summed E-state index contributed by atoms with van der Waals surface area (Å²) in [5.41, 5.74) is 6.30. The largest absolute Gasteiger partial charge is 0.431 e. The molecule has 1 aromatic rings. The molecule has 2 N–H and O–H groups in total. The van der Waals surface area contributed by atoms with Crippen LogP contribution in [0.25, 0.3) is 0 Å². The first-order valence-corrected chi connectivity index (χ1v) is 3.37. The molecule has 0 spiro atoms. The van der Waals surface area contributed by atoms with Crippen molar-refractivity contribution in [2.24, 2.45) is 5.73 Å². The first-order chi connectivity index (χ1) is 4.61. The minimum atomic E-state index is -0.139. The Morgan fingerprint density at radius 3 is 2.50 bits per heavy atom. The molecule has 10 heavy (non-hydrogen) atoms. The molecule has 0 radical (unpaired) electrons. The molecule has 1 rings (SSSR count). The summed E-state index contributed by atoms with van der Waals surface area (Å²) in [5, 5.41) is 0.157. The van der Waals surface area contributed by atoms with E-state index in [4.69, 9.17) is 21.8 Å². The van der Waals surface area contributed by atoms with Crippen LogP contribution in [0, 0.1) is 6.92 Å². The highest BCUT2D eigenvalue weighted by Gasteiger charge is 2.10. The van der Waals surface area contributed by atoms with Crippen molar-refractivity contribution in [3.8, 4) is 0 Å². The second-order valence-corrected chi connectivity index (χ2v) is 2.53. The summed E-state index contributed by atoms with van der Waals surface area (Å²) >= 11 is 5.48. The lowest BCUT2D eigenvalue weighted by Crippen LogP contribution is -2.04. The van der Waals surface area contributed by atoms with Gasteiger partial charge in [0.25, 0.3) is 5.35 Å². The minimum absolute atomic E-state index is 0.139. The number of halogens is 1. The van der Waals surface area contributed by atoms with Crippen LogP contribution in [0.15, 0.2) is 4.42 Å². The molecule has 0 fully saturated rings. The van der Waals surface area contributed by atoms with Gasteiger partial charge in [0.1, 0.15) is 5.76 Å². The third kappa shape index (κ3) is 1.30. The summed E-state index contributed by atoms with van der Waals surface area (Å²) in [7, 11) is 0. The predicted octanol–water partition coefficient (Wildman–Crippen LogP) is 1.66. The Labute approximate surface area is 64.2 Å². The van der Waals surface area contributed by atoms with E-state index in [-0.39, 0.29) is 11.4 Å². The van der Waals surface area contributed by atoms with Crippen LogP contribution in [-0.2, 0) is 0 Å². The number of rotatable bonds is 1. The number of oxazole rings is 1. The molecule has 4 heteroatoms. The Balaban J connectivity index is 3.03. The Morgan fingerprint density at radius 2 is 2.30 bits per heavy atom. The zero-order valence-corrected chi connectivity index (χ0v) is 6.64. The van der Waals surface area contributed by atoms with Crippen molar-refractivity contribution >= 4 is 11.6 Å². The number of aromatic nitrogens is 1. The van der Waals surface area contributed by atoms with Gasteiger partial charge in [-0.2, -0.15) is 0 Å². The van der Waals surface area contributed by atoms with Crippen molar-refractivity contribution < 1.29 is 4.42 Å². The van der Waals surface area contributed by atoms with Crippen molar-refractivity contribution in [1.29, 1.82) is 0 Å². The summed E-state index contributed by atoms with van der Waals surface area (Å²) in [6.07, 6.45) is 0. The molecule has 0 saturated carbocycles. The quantitative estimate of drug-likeness (QED) is 0.680. The normalized spacial score (nSPS) is 13.6. The molecule has 0 bridgehead atoms. The highest BCUT2D eigenvalue weighted by atomic mass is 35.5. The molecular weight excluding hydrogens is 152 g/mol. The maximum Gasteiger partial charge on any atom is 0.292 e. The first-order valence-electron chi connectivity index (χ1n) is 2.99. The third-order valence-electron chi connectivity index (χ3n) is 1.22. The average Bonchev–Trinajstić information content (AvgIpc) is 2.10. The van der Waals surface area contributed by atoms with Crippen LogP contribution in [0.4, 0.5) is 0 Å². The van der Waals surface area contributed by atoms with Gasteiger partial charge in [0, 0.05) is 0 Å². The molecule has 1 aromatic heterocycles. The smallest absolute Gasteiger partial charge is 0.292 e. The van der Waals surface area contributed by atoms with Crippen LogP contribution in [0.2, 0.25) is 5.35 Å². The molecule has 1 unspecified atom stereocenters. The Morgan fingerprint density at radius 1 is 1.70 bits per heavy atom. The second-order valence-electron chi connectivity index (χ2n) is 2.21. The summed E-state index contributed by atoms with van der Waals surface area (Å²) in [4.78, 5) is 3.85. The Kier molecular flexibility index (Phi) is 1.97. The van der Waals surface area contributed by atoms with Gasteiger partial charge in [-0.15, -0.1) is 0 Å². The van der Waals surface area contributed by atoms with E-state index in [0.717, 1.165) is 5.69 Å². The van der Waals surface area contributed by atoms with Gasteiger partial charge in [-0.3, -0.25) is 0 Å². The van der Waals surface area contributed by atoms with Crippen LogP contribution in [0.3, 0.4) is 0 Å². The van der Waals surface area contributed by atoms with Crippen molar-refractivity contribution in [2.75, 3.05) is 0 Å². The van der Waals surface area contributed by atoms with Crippen molar-refractivity contribution in [1.82, 2.24) is 4.98 Å². The number of aryl methyl sites for hydroxylation is 1. The van der Waals surface area contributed by atoms with E-state index in [1.54, 1.807) is 0 Å². The predicted molar refractivity (Wildman–Crippen MR) is 38.9 cm³/mol. The SMILES string of the molecule is Cc1nc(Cl)oc1C(C)N. The topological polar surface area (TPSA) is 52.0 Å². The molecule has 0 amide bonds. The van der Waals surface area contributed by atoms with Crippen LogP contribution in [-0.4, -0.2) is 4.98 Å². The molecule has 56 valence electrons. The molecule has 0 aliphatic carbocycles. The Bertz CT molecular complexity index is 232. The van der Waals surface area contributed by atoms with Gasteiger partial charge in [-0.1, -0.05) is 0 Å². The first kappa shape index (κ1) is 7.57. The van der Waals surface area contributed by atoms with Gasteiger partial charge < -0.3 is 10.2 Å². The van der Waals surface area contributed by atoms with Crippen LogP contribution < -0.4 is 5.73 Å². The zero-order valence-electron chi connectivity index (χ0n) is 5.89. The molecule has 3 nitrogen and oxygen atoms in total. The fourth-order valence-electron chi connectivity index (χ4n) is 0.797. The van der Waals surface area contributed by atoms with Crippen LogP contribution in [0.1, 0.15) is 24.4 Å². The lowest BCUT2D eigenvalue weighted by atomic mass is 10.2.